The zero-order valence-electron chi connectivity index (χ0n) is 12.2. The first-order chi connectivity index (χ1) is 9.35. The Morgan fingerprint density at radius 1 is 1.11 bits per heavy atom. The van der Waals surface area contributed by atoms with Crippen molar-refractivity contribution in [2.45, 2.75) is 49.7 Å². The lowest BCUT2D eigenvalue weighted by molar-refractivity contribution is 0.379. The quantitative estimate of drug-likeness (QED) is 0.747. The number of rotatable bonds is 7. The van der Waals surface area contributed by atoms with Crippen LogP contribution in [0.15, 0.2) is 30.3 Å². The smallest absolute Gasteiger partial charge is 0.0281 e. The highest BCUT2D eigenvalue weighted by Crippen LogP contribution is 2.37. The molecule has 1 saturated carbocycles. The molecule has 1 aliphatic carbocycles. The summed E-state index contributed by atoms with van der Waals surface area (Å²) in [6, 6.07) is 10.8. The van der Waals surface area contributed by atoms with Gasteiger partial charge >= 0.3 is 0 Å². The van der Waals surface area contributed by atoms with Crippen LogP contribution in [-0.4, -0.2) is 24.1 Å². The molecule has 0 aromatic heterocycles. The molecule has 19 heavy (non-hydrogen) atoms. The van der Waals surface area contributed by atoms with Crippen LogP contribution in [0.3, 0.4) is 0 Å². The Hall–Kier alpha value is -0.470. The van der Waals surface area contributed by atoms with Crippen LogP contribution in [0.1, 0.15) is 44.1 Å². The van der Waals surface area contributed by atoms with Crippen molar-refractivity contribution in [3.63, 3.8) is 0 Å². The van der Waals surface area contributed by atoms with E-state index in [4.69, 9.17) is 0 Å². The van der Waals surface area contributed by atoms with Gasteiger partial charge in [-0.1, -0.05) is 49.6 Å². The van der Waals surface area contributed by atoms with Crippen molar-refractivity contribution in [1.29, 1.82) is 0 Å². The second-order valence-corrected chi connectivity index (χ2v) is 6.99. The maximum Gasteiger partial charge on any atom is 0.0281 e. The summed E-state index contributed by atoms with van der Waals surface area (Å²) in [6.45, 7) is 2.35. The standard InChI is InChI=1S/C17H27NS/c1-19-17(12-6-3-7-13-17)15-18-14-8-11-16-9-4-2-5-10-16/h2,4-5,9-10,18H,3,6-8,11-15H2,1H3. The summed E-state index contributed by atoms with van der Waals surface area (Å²) in [6.07, 6.45) is 11.8. The molecule has 0 heterocycles. The average Bonchev–Trinajstić information content (AvgIpc) is 2.49. The fourth-order valence-electron chi connectivity index (χ4n) is 3.03. The lowest BCUT2D eigenvalue weighted by atomic mass is 9.88. The Bertz CT molecular complexity index is 344. The van der Waals surface area contributed by atoms with E-state index in [0.29, 0.717) is 4.75 Å². The number of hydrogen-bond acceptors (Lipinski definition) is 2. The lowest BCUT2D eigenvalue weighted by Gasteiger charge is -2.36. The van der Waals surface area contributed by atoms with Gasteiger partial charge in [-0.25, -0.2) is 0 Å². The molecule has 2 rings (SSSR count). The number of thioether (sulfide) groups is 1. The number of benzene rings is 1. The van der Waals surface area contributed by atoms with Gasteiger partial charge in [0.05, 0.1) is 0 Å². The van der Waals surface area contributed by atoms with E-state index < -0.39 is 0 Å². The van der Waals surface area contributed by atoms with Crippen LogP contribution in [0, 0.1) is 0 Å². The second-order valence-electron chi connectivity index (χ2n) is 5.71. The average molecular weight is 277 g/mol. The van der Waals surface area contributed by atoms with E-state index in [1.165, 1.54) is 57.1 Å². The highest BCUT2D eigenvalue weighted by molar-refractivity contribution is 8.00. The topological polar surface area (TPSA) is 12.0 Å². The zero-order chi connectivity index (χ0) is 13.4. The Morgan fingerprint density at radius 2 is 1.84 bits per heavy atom. The van der Waals surface area contributed by atoms with E-state index in [0.717, 1.165) is 6.54 Å². The first-order valence-electron chi connectivity index (χ1n) is 7.64. The Morgan fingerprint density at radius 3 is 2.53 bits per heavy atom. The van der Waals surface area contributed by atoms with Crippen LogP contribution >= 0.6 is 11.8 Å². The molecule has 1 aromatic rings. The van der Waals surface area contributed by atoms with Gasteiger partial charge in [0.2, 0.25) is 0 Å². The van der Waals surface area contributed by atoms with Gasteiger partial charge in [0.15, 0.2) is 0 Å². The molecule has 1 N–H and O–H groups in total. The monoisotopic (exact) mass is 277 g/mol. The molecule has 0 bridgehead atoms. The largest absolute Gasteiger partial charge is 0.315 e. The predicted octanol–water partition coefficient (Wildman–Crippen LogP) is 4.27. The molecule has 1 aliphatic rings. The third kappa shape index (κ3) is 4.85. The fraction of sp³-hybridized carbons (Fsp3) is 0.647. The van der Waals surface area contributed by atoms with E-state index in [1.807, 2.05) is 0 Å². The second kappa shape index (κ2) is 7.96. The number of aryl methyl sites for hydroxylation is 1. The van der Waals surface area contributed by atoms with Gasteiger partial charge in [-0.15, -0.1) is 0 Å². The van der Waals surface area contributed by atoms with Crippen molar-refractivity contribution in [2.24, 2.45) is 0 Å². The number of nitrogens with one attached hydrogen (secondary N) is 1. The minimum atomic E-state index is 0.533. The zero-order valence-corrected chi connectivity index (χ0v) is 13.0. The van der Waals surface area contributed by atoms with Gasteiger partial charge in [-0.05, 0) is 44.0 Å². The maximum absolute atomic E-state index is 3.70. The summed E-state index contributed by atoms with van der Waals surface area (Å²) in [5.74, 6) is 0. The van der Waals surface area contributed by atoms with Gasteiger partial charge in [-0.2, -0.15) is 11.8 Å². The molecule has 1 aromatic carbocycles. The van der Waals surface area contributed by atoms with Crippen LogP contribution in [0.4, 0.5) is 0 Å². The molecule has 0 aliphatic heterocycles. The van der Waals surface area contributed by atoms with Crippen LogP contribution < -0.4 is 5.32 Å². The minimum absolute atomic E-state index is 0.533. The molecular formula is C17H27NS. The maximum atomic E-state index is 3.70. The molecule has 106 valence electrons. The Balaban J connectivity index is 1.63. The molecule has 0 amide bonds. The van der Waals surface area contributed by atoms with Crippen LogP contribution in [0.2, 0.25) is 0 Å². The molecular weight excluding hydrogens is 250 g/mol. The van der Waals surface area contributed by atoms with Gasteiger partial charge < -0.3 is 5.32 Å². The molecule has 1 fully saturated rings. The molecule has 0 saturated heterocycles. The van der Waals surface area contributed by atoms with Crippen molar-refractivity contribution in [3.8, 4) is 0 Å². The normalized spacial score (nSPS) is 18.4. The van der Waals surface area contributed by atoms with E-state index in [2.05, 4.69) is 53.7 Å². The summed E-state index contributed by atoms with van der Waals surface area (Å²) in [7, 11) is 0. The van der Waals surface area contributed by atoms with Gasteiger partial charge in [0.25, 0.3) is 0 Å². The highest BCUT2D eigenvalue weighted by atomic mass is 32.2. The molecule has 0 spiro atoms. The van der Waals surface area contributed by atoms with Gasteiger partial charge in [-0.3, -0.25) is 0 Å². The van der Waals surface area contributed by atoms with E-state index in [-0.39, 0.29) is 0 Å². The first kappa shape index (κ1) is 14.9. The van der Waals surface area contributed by atoms with Crippen molar-refractivity contribution in [2.75, 3.05) is 19.3 Å². The van der Waals surface area contributed by atoms with Gasteiger partial charge in [0, 0.05) is 11.3 Å². The summed E-state index contributed by atoms with van der Waals surface area (Å²) in [5, 5.41) is 3.70. The van der Waals surface area contributed by atoms with Crippen LogP contribution in [0.25, 0.3) is 0 Å². The first-order valence-corrected chi connectivity index (χ1v) is 8.87. The predicted molar refractivity (Wildman–Crippen MR) is 87.0 cm³/mol. The van der Waals surface area contributed by atoms with Crippen LogP contribution in [-0.2, 0) is 6.42 Å². The minimum Gasteiger partial charge on any atom is -0.315 e. The lowest BCUT2D eigenvalue weighted by Crippen LogP contribution is -2.39. The molecule has 2 heteroatoms. The molecule has 0 radical (unpaired) electrons. The Kier molecular flexibility index (Phi) is 6.25. The molecule has 0 atom stereocenters. The van der Waals surface area contributed by atoms with E-state index in [1.54, 1.807) is 0 Å². The summed E-state index contributed by atoms with van der Waals surface area (Å²) < 4.78 is 0.533. The fourth-order valence-corrected chi connectivity index (χ4v) is 3.97. The third-order valence-corrected chi connectivity index (χ3v) is 5.73. The molecule has 0 unspecified atom stereocenters. The van der Waals surface area contributed by atoms with Gasteiger partial charge in [0.1, 0.15) is 0 Å². The summed E-state index contributed by atoms with van der Waals surface area (Å²) in [4.78, 5) is 0. The SMILES string of the molecule is CSC1(CNCCCc2ccccc2)CCCCC1. The van der Waals surface area contributed by atoms with Crippen molar-refractivity contribution in [3.05, 3.63) is 35.9 Å². The highest BCUT2D eigenvalue weighted by Gasteiger charge is 2.30. The summed E-state index contributed by atoms with van der Waals surface area (Å²) in [5.41, 5.74) is 1.46. The van der Waals surface area contributed by atoms with Crippen molar-refractivity contribution in [1.82, 2.24) is 5.32 Å². The number of hydrogen-bond donors (Lipinski definition) is 1. The van der Waals surface area contributed by atoms with E-state index in [9.17, 15) is 0 Å². The summed E-state index contributed by atoms with van der Waals surface area (Å²) >= 11 is 2.09. The third-order valence-electron chi connectivity index (χ3n) is 4.31. The van der Waals surface area contributed by atoms with Crippen molar-refractivity contribution >= 4 is 11.8 Å². The van der Waals surface area contributed by atoms with Crippen LogP contribution in [0.5, 0.6) is 0 Å². The van der Waals surface area contributed by atoms with E-state index >= 15 is 0 Å². The molecule has 1 nitrogen and oxygen atoms in total. The van der Waals surface area contributed by atoms with Crippen molar-refractivity contribution < 1.29 is 0 Å². The Labute approximate surface area is 122 Å².